The molecule has 0 heterocycles. The van der Waals surface area contributed by atoms with Gasteiger partial charge in [-0.15, -0.1) is 0 Å². The molecular formula is C3H2Cl2F6. The Morgan fingerprint density at radius 2 is 1.00 bits per heavy atom. The van der Waals surface area contributed by atoms with Crippen LogP contribution >= 0.6 is 23.2 Å². The standard InChI is InChI=1S/C2HClF4.CHClF2/c3-1(4)2(5,6)7;2-1(3)4/h1H;1H. The first-order chi connectivity index (χ1) is 4.68. The summed E-state index contributed by atoms with van der Waals surface area (Å²) in [5.74, 6) is -2.69. The summed E-state index contributed by atoms with van der Waals surface area (Å²) < 4.78 is 63.1. The molecule has 0 rings (SSSR count). The van der Waals surface area contributed by atoms with E-state index >= 15 is 0 Å². The molecule has 0 N–H and O–H groups in total. The van der Waals surface area contributed by atoms with Crippen molar-refractivity contribution >= 4 is 23.2 Å². The summed E-state index contributed by atoms with van der Waals surface area (Å²) >= 11 is 7.90. The van der Waals surface area contributed by atoms with Crippen molar-refractivity contribution in [3.63, 3.8) is 0 Å². The SMILES string of the molecule is FC(Cl)C(F)(F)F.FC(F)Cl. The van der Waals surface area contributed by atoms with E-state index in [-0.39, 0.29) is 0 Å². The van der Waals surface area contributed by atoms with Gasteiger partial charge in [0.25, 0.3) is 5.63 Å². The lowest BCUT2D eigenvalue weighted by Gasteiger charge is -2.01. The fourth-order valence-electron chi connectivity index (χ4n) is 0. The molecule has 0 aliphatic rings. The molecule has 0 saturated heterocycles. The van der Waals surface area contributed by atoms with E-state index in [1.54, 1.807) is 0 Å². The van der Waals surface area contributed by atoms with Crippen molar-refractivity contribution in [2.45, 2.75) is 17.7 Å². The summed E-state index contributed by atoms with van der Waals surface area (Å²) in [6.07, 6.45) is -4.90. The maximum absolute atomic E-state index is 10.8. The highest BCUT2D eigenvalue weighted by Gasteiger charge is 2.38. The van der Waals surface area contributed by atoms with Crippen LogP contribution in [0.25, 0.3) is 0 Å². The highest BCUT2D eigenvalue weighted by atomic mass is 35.5. The van der Waals surface area contributed by atoms with Gasteiger partial charge >= 0.3 is 12.1 Å². The van der Waals surface area contributed by atoms with Crippen LogP contribution in [0.1, 0.15) is 0 Å². The van der Waals surface area contributed by atoms with Crippen LogP contribution in [0.4, 0.5) is 26.3 Å². The number of rotatable bonds is 0. The van der Waals surface area contributed by atoms with Crippen LogP contribution < -0.4 is 0 Å². The second kappa shape index (κ2) is 5.77. The zero-order valence-electron chi connectivity index (χ0n) is 4.68. The van der Waals surface area contributed by atoms with Gasteiger partial charge in [0.15, 0.2) is 0 Å². The van der Waals surface area contributed by atoms with Crippen molar-refractivity contribution in [3.8, 4) is 0 Å². The van der Waals surface area contributed by atoms with Crippen molar-refractivity contribution in [1.82, 2.24) is 0 Å². The molecule has 0 nitrogen and oxygen atoms in total. The van der Waals surface area contributed by atoms with Crippen molar-refractivity contribution in [2.75, 3.05) is 0 Å². The van der Waals surface area contributed by atoms with Gasteiger partial charge in [-0.3, -0.25) is 0 Å². The summed E-state index contributed by atoms with van der Waals surface area (Å²) in [5.41, 5.74) is -3.23. The Labute approximate surface area is 68.1 Å². The maximum Gasteiger partial charge on any atom is 0.433 e. The average molecular weight is 223 g/mol. The van der Waals surface area contributed by atoms with Gasteiger partial charge in [0.2, 0.25) is 0 Å². The first kappa shape index (κ1) is 13.7. The molecule has 0 aromatic heterocycles. The molecule has 0 amide bonds. The highest BCUT2D eigenvalue weighted by molar-refractivity contribution is 6.20. The third-order valence-corrected chi connectivity index (χ3v) is 0.495. The van der Waals surface area contributed by atoms with Crippen molar-refractivity contribution < 1.29 is 26.3 Å². The van der Waals surface area contributed by atoms with Gasteiger partial charge in [-0.2, -0.15) is 22.0 Å². The minimum Gasteiger partial charge on any atom is -0.220 e. The summed E-state index contributed by atoms with van der Waals surface area (Å²) in [4.78, 5) is 0. The number of hydrogen-bond acceptors (Lipinski definition) is 0. The molecule has 0 aromatic carbocycles. The summed E-state index contributed by atoms with van der Waals surface area (Å²) in [5, 5.41) is 0. The molecule has 0 aliphatic heterocycles. The van der Waals surface area contributed by atoms with E-state index in [0.717, 1.165) is 0 Å². The monoisotopic (exact) mass is 222 g/mol. The summed E-state index contributed by atoms with van der Waals surface area (Å²) in [7, 11) is 0. The van der Waals surface area contributed by atoms with Gasteiger partial charge < -0.3 is 0 Å². The first-order valence-corrected chi connectivity index (χ1v) is 2.82. The third-order valence-electron chi connectivity index (χ3n) is 0.247. The van der Waals surface area contributed by atoms with Crippen LogP contribution in [0.3, 0.4) is 0 Å². The largest absolute Gasteiger partial charge is 0.433 e. The maximum atomic E-state index is 10.8. The lowest BCUT2D eigenvalue weighted by atomic mass is 10.7. The normalized spacial score (nSPS) is 13.9. The van der Waals surface area contributed by atoms with Gasteiger partial charge in [0, 0.05) is 0 Å². The van der Waals surface area contributed by atoms with Gasteiger partial charge in [-0.05, 0) is 0 Å². The van der Waals surface area contributed by atoms with Crippen LogP contribution in [0.5, 0.6) is 0 Å². The third kappa shape index (κ3) is 17.8. The molecule has 0 fully saturated rings. The average Bonchev–Trinajstić information content (AvgIpc) is 1.59. The van der Waals surface area contributed by atoms with E-state index < -0.39 is 17.7 Å². The zero-order valence-corrected chi connectivity index (χ0v) is 6.19. The molecule has 1 unspecified atom stereocenters. The second-order valence-corrected chi connectivity index (χ2v) is 1.80. The molecule has 0 bridgehead atoms. The van der Waals surface area contributed by atoms with Crippen molar-refractivity contribution in [2.24, 2.45) is 0 Å². The van der Waals surface area contributed by atoms with Crippen molar-refractivity contribution in [1.29, 1.82) is 0 Å². The van der Waals surface area contributed by atoms with E-state index in [4.69, 9.17) is 0 Å². The predicted octanol–water partition coefficient (Wildman–Crippen LogP) is 3.53. The Bertz CT molecular complexity index is 85.6. The minimum atomic E-state index is -4.90. The summed E-state index contributed by atoms with van der Waals surface area (Å²) in [6.45, 7) is 0. The van der Waals surface area contributed by atoms with Crippen LogP contribution in [0.15, 0.2) is 0 Å². The number of halogens is 8. The molecule has 8 heteroatoms. The molecule has 70 valence electrons. The number of alkyl halides is 8. The molecule has 0 aliphatic carbocycles. The first-order valence-electron chi connectivity index (χ1n) is 1.95. The number of hydrogen-bond donors (Lipinski definition) is 0. The summed E-state index contributed by atoms with van der Waals surface area (Å²) in [6, 6.07) is 0. The molecule has 0 saturated carbocycles. The van der Waals surface area contributed by atoms with Gasteiger partial charge in [-0.1, -0.05) is 23.2 Å². The van der Waals surface area contributed by atoms with Gasteiger partial charge in [0.05, 0.1) is 0 Å². The molecule has 0 aromatic rings. The molecular weight excluding hydrogens is 221 g/mol. The van der Waals surface area contributed by atoms with Crippen LogP contribution in [0.2, 0.25) is 0 Å². The van der Waals surface area contributed by atoms with Crippen LogP contribution in [-0.2, 0) is 0 Å². The molecule has 1 atom stereocenters. The quantitative estimate of drug-likeness (QED) is 0.435. The van der Waals surface area contributed by atoms with Crippen LogP contribution in [0, 0.1) is 0 Å². The Balaban J connectivity index is 0. The predicted molar refractivity (Wildman–Crippen MR) is 28.7 cm³/mol. The lowest BCUT2D eigenvalue weighted by molar-refractivity contribution is -0.156. The van der Waals surface area contributed by atoms with E-state index in [1.165, 1.54) is 0 Å². The fourth-order valence-corrected chi connectivity index (χ4v) is 0. The van der Waals surface area contributed by atoms with E-state index in [2.05, 4.69) is 23.2 Å². The molecule has 0 spiro atoms. The van der Waals surface area contributed by atoms with Gasteiger partial charge in [-0.25, -0.2) is 4.39 Å². The Morgan fingerprint density at radius 1 is 0.909 bits per heavy atom. The van der Waals surface area contributed by atoms with E-state index in [1.807, 2.05) is 0 Å². The molecule has 11 heavy (non-hydrogen) atoms. The zero-order chi connectivity index (χ0) is 9.65. The Hall–Kier alpha value is 0.160. The second-order valence-electron chi connectivity index (χ2n) is 1.09. The van der Waals surface area contributed by atoms with Gasteiger partial charge in [0.1, 0.15) is 0 Å². The van der Waals surface area contributed by atoms with Crippen LogP contribution in [-0.4, -0.2) is 17.7 Å². The Kier molecular flexibility index (Phi) is 7.20. The topological polar surface area (TPSA) is 0 Å². The Morgan fingerprint density at radius 3 is 1.00 bits per heavy atom. The van der Waals surface area contributed by atoms with E-state index in [0.29, 0.717) is 0 Å². The minimum absolute atomic E-state index is 2.69. The van der Waals surface area contributed by atoms with E-state index in [9.17, 15) is 26.3 Å². The fraction of sp³-hybridized carbons (Fsp3) is 1.00. The molecule has 0 radical (unpaired) electrons. The smallest absolute Gasteiger partial charge is 0.220 e. The van der Waals surface area contributed by atoms with Crippen molar-refractivity contribution in [3.05, 3.63) is 0 Å². The highest BCUT2D eigenvalue weighted by Crippen LogP contribution is 2.24. The lowest BCUT2D eigenvalue weighted by Crippen LogP contribution is -2.17.